The molecule has 0 amide bonds. The van der Waals surface area contributed by atoms with Gasteiger partial charge in [-0.15, -0.1) is 0 Å². The average molecular weight is 1420 g/mol. The first-order valence-electron chi connectivity index (χ1n) is 40.5. The second-order valence-corrected chi connectivity index (χ2v) is 31.7. The van der Waals surface area contributed by atoms with Gasteiger partial charge in [-0.25, -0.2) is 9.13 Å². The summed E-state index contributed by atoms with van der Waals surface area (Å²) in [6.07, 6.45) is 58.1. The minimum absolute atomic E-state index is 0.106. The van der Waals surface area contributed by atoms with E-state index in [0.717, 1.165) is 102 Å². The number of carbonyl (C=O) groups excluding carboxylic acids is 4. The van der Waals surface area contributed by atoms with Gasteiger partial charge in [0.15, 0.2) is 12.2 Å². The largest absolute Gasteiger partial charge is 0.472 e. The van der Waals surface area contributed by atoms with E-state index in [1.54, 1.807) is 0 Å². The smallest absolute Gasteiger partial charge is 0.462 e. The Balaban J connectivity index is 5.26. The van der Waals surface area contributed by atoms with E-state index in [1.807, 2.05) is 0 Å². The van der Waals surface area contributed by atoms with Crippen LogP contribution in [0, 0.1) is 11.8 Å². The molecule has 0 heterocycles. The van der Waals surface area contributed by atoms with Crippen molar-refractivity contribution < 1.29 is 80.2 Å². The average Bonchev–Trinajstić information content (AvgIpc) is 1.31. The van der Waals surface area contributed by atoms with E-state index in [1.165, 1.54) is 225 Å². The molecule has 0 aromatic rings. The van der Waals surface area contributed by atoms with Crippen molar-refractivity contribution in [3.8, 4) is 0 Å². The molecule has 0 spiro atoms. The van der Waals surface area contributed by atoms with Gasteiger partial charge in [0.1, 0.15) is 19.3 Å². The van der Waals surface area contributed by atoms with Crippen LogP contribution in [0.3, 0.4) is 0 Å². The van der Waals surface area contributed by atoms with E-state index in [-0.39, 0.29) is 25.7 Å². The fraction of sp³-hybridized carbons (Fsp3) is 0.949. The van der Waals surface area contributed by atoms with Gasteiger partial charge in [-0.1, -0.05) is 356 Å². The zero-order valence-electron chi connectivity index (χ0n) is 63.4. The lowest BCUT2D eigenvalue weighted by atomic mass is 9.99. The van der Waals surface area contributed by atoms with Gasteiger partial charge in [0.25, 0.3) is 0 Å². The number of carbonyl (C=O) groups is 4. The maximum atomic E-state index is 13.1. The predicted octanol–water partition coefficient (Wildman–Crippen LogP) is 23.1. The van der Waals surface area contributed by atoms with Crippen molar-refractivity contribution >= 4 is 39.5 Å². The molecule has 0 radical (unpaired) electrons. The van der Waals surface area contributed by atoms with Crippen molar-refractivity contribution in [2.75, 3.05) is 39.6 Å². The maximum absolute atomic E-state index is 13.1. The number of aliphatic hydroxyl groups excluding tert-OH is 1. The van der Waals surface area contributed by atoms with Gasteiger partial charge in [0, 0.05) is 25.7 Å². The van der Waals surface area contributed by atoms with Crippen LogP contribution >= 0.6 is 15.6 Å². The summed E-state index contributed by atoms with van der Waals surface area (Å²) in [4.78, 5) is 72.9. The standard InChI is InChI=1S/C78H152O17P2/c1-7-10-12-14-16-18-20-22-23-24-28-32-36-43-49-55-61-76(81)88-66-73(94-77(82)62-56-50-44-37-33-29-26-25-27-30-34-40-46-52-58-70(4)5)68-92-96(84,85)90-64-72(79)65-91-97(86,87)93-69-74(95-78(83)63-57-51-45-39-38-41-47-53-59-71(6)9-3)67-89-75(80)60-54-48-42-35-31-21-19-17-15-13-11-8-2/h70-74,79H,7-69H2,1-6H3,(H,84,85)(H,86,87)/t71?,72-,73-,74-/m1/s1. The number of aliphatic hydroxyl groups is 1. The number of phosphoric acid groups is 2. The second kappa shape index (κ2) is 69.8. The van der Waals surface area contributed by atoms with Crippen LogP contribution < -0.4 is 0 Å². The Morgan fingerprint density at radius 2 is 0.526 bits per heavy atom. The molecule has 0 bridgehead atoms. The predicted molar refractivity (Wildman–Crippen MR) is 395 cm³/mol. The van der Waals surface area contributed by atoms with Gasteiger partial charge >= 0.3 is 39.5 Å². The van der Waals surface area contributed by atoms with Crippen LogP contribution in [-0.2, 0) is 65.4 Å². The van der Waals surface area contributed by atoms with Gasteiger partial charge in [0.05, 0.1) is 26.4 Å². The molecule has 0 rings (SSSR count). The Morgan fingerprint density at radius 1 is 0.299 bits per heavy atom. The van der Waals surface area contributed by atoms with Crippen molar-refractivity contribution in [3.05, 3.63) is 0 Å². The van der Waals surface area contributed by atoms with Crippen LogP contribution in [-0.4, -0.2) is 96.7 Å². The molecule has 0 aliphatic carbocycles. The molecule has 0 aromatic heterocycles. The normalized spacial score (nSPS) is 14.2. The van der Waals surface area contributed by atoms with Crippen LogP contribution in [0.2, 0.25) is 0 Å². The third kappa shape index (κ3) is 70.9. The molecule has 3 unspecified atom stereocenters. The van der Waals surface area contributed by atoms with E-state index < -0.39 is 97.5 Å². The van der Waals surface area contributed by atoms with Crippen LogP contribution in [0.15, 0.2) is 0 Å². The first-order valence-corrected chi connectivity index (χ1v) is 43.5. The lowest BCUT2D eigenvalue weighted by molar-refractivity contribution is -0.161. The molecule has 0 aliphatic heterocycles. The van der Waals surface area contributed by atoms with Gasteiger partial charge in [-0.05, 0) is 37.5 Å². The van der Waals surface area contributed by atoms with Crippen molar-refractivity contribution in [3.63, 3.8) is 0 Å². The number of phosphoric ester groups is 2. The Bertz CT molecular complexity index is 1870. The number of esters is 4. The van der Waals surface area contributed by atoms with E-state index in [9.17, 15) is 43.2 Å². The molecule has 0 fully saturated rings. The van der Waals surface area contributed by atoms with Crippen molar-refractivity contribution in [1.29, 1.82) is 0 Å². The van der Waals surface area contributed by atoms with Crippen molar-refractivity contribution in [2.24, 2.45) is 11.8 Å². The Kier molecular flexibility index (Phi) is 68.4. The van der Waals surface area contributed by atoms with Crippen LogP contribution in [0.4, 0.5) is 0 Å². The highest BCUT2D eigenvalue weighted by Crippen LogP contribution is 2.45. The topological polar surface area (TPSA) is 237 Å². The van der Waals surface area contributed by atoms with Crippen molar-refractivity contribution in [1.82, 2.24) is 0 Å². The first-order chi connectivity index (χ1) is 46.9. The lowest BCUT2D eigenvalue weighted by Gasteiger charge is -2.21. The molecule has 0 saturated heterocycles. The number of hydrogen-bond donors (Lipinski definition) is 3. The minimum atomic E-state index is -4.96. The molecule has 19 heteroatoms. The summed E-state index contributed by atoms with van der Waals surface area (Å²) in [7, 11) is -9.92. The molecular formula is C78H152O17P2. The Morgan fingerprint density at radius 3 is 0.784 bits per heavy atom. The van der Waals surface area contributed by atoms with Crippen LogP contribution in [0.1, 0.15) is 408 Å². The van der Waals surface area contributed by atoms with Crippen LogP contribution in [0.5, 0.6) is 0 Å². The Hall–Kier alpha value is -1.94. The number of hydrogen-bond acceptors (Lipinski definition) is 15. The maximum Gasteiger partial charge on any atom is 0.472 e. The molecule has 3 N–H and O–H groups in total. The van der Waals surface area contributed by atoms with Crippen LogP contribution in [0.25, 0.3) is 0 Å². The number of unbranched alkanes of at least 4 members (excludes halogenated alkanes) is 46. The zero-order chi connectivity index (χ0) is 71.4. The molecule has 6 atom stereocenters. The third-order valence-electron chi connectivity index (χ3n) is 18.6. The second-order valence-electron chi connectivity index (χ2n) is 28.8. The molecule has 576 valence electrons. The van der Waals surface area contributed by atoms with E-state index >= 15 is 0 Å². The Labute approximate surface area is 594 Å². The van der Waals surface area contributed by atoms with Gasteiger partial charge in [0.2, 0.25) is 0 Å². The summed E-state index contributed by atoms with van der Waals surface area (Å²) in [5.74, 6) is -0.547. The fourth-order valence-electron chi connectivity index (χ4n) is 12.0. The van der Waals surface area contributed by atoms with Gasteiger partial charge < -0.3 is 33.8 Å². The molecule has 97 heavy (non-hydrogen) atoms. The minimum Gasteiger partial charge on any atom is -0.462 e. The molecule has 17 nitrogen and oxygen atoms in total. The van der Waals surface area contributed by atoms with Gasteiger partial charge in [-0.3, -0.25) is 37.3 Å². The SMILES string of the molecule is CCCCCCCCCCCCCCCCCCC(=O)OC[C@H](COP(=O)(O)OC[C@@H](O)COP(=O)(O)OC[C@@H](COC(=O)CCCCCCCCCCCCCC)OC(=O)CCCCCCCCCCC(C)CC)OC(=O)CCCCCCCCCCCCCCCCC(C)C. The molecule has 0 aliphatic rings. The summed E-state index contributed by atoms with van der Waals surface area (Å²) in [6.45, 7) is 9.64. The third-order valence-corrected chi connectivity index (χ3v) is 20.5. The molecular weight excluding hydrogens is 1270 g/mol. The number of ether oxygens (including phenoxy) is 4. The molecule has 0 aromatic carbocycles. The summed E-state index contributed by atoms with van der Waals surface area (Å²) in [5.41, 5.74) is 0. The highest BCUT2D eigenvalue weighted by Gasteiger charge is 2.30. The fourth-order valence-corrected chi connectivity index (χ4v) is 13.6. The van der Waals surface area contributed by atoms with E-state index in [4.69, 9.17) is 37.0 Å². The summed E-state index contributed by atoms with van der Waals surface area (Å²) >= 11 is 0. The summed E-state index contributed by atoms with van der Waals surface area (Å²) in [5, 5.41) is 10.6. The van der Waals surface area contributed by atoms with Gasteiger partial charge in [-0.2, -0.15) is 0 Å². The first kappa shape index (κ1) is 95.1. The van der Waals surface area contributed by atoms with Crippen molar-refractivity contribution in [2.45, 2.75) is 426 Å². The molecule has 0 saturated carbocycles. The quantitative estimate of drug-likeness (QED) is 0.0222. The van der Waals surface area contributed by atoms with E-state index in [2.05, 4.69) is 41.5 Å². The summed E-state index contributed by atoms with van der Waals surface area (Å²) in [6, 6.07) is 0. The summed E-state index contributed by atoms with van der Waals surface area (Å²) < 4.78 is 68.6. The lowest BCUT2D eigenvalue weighted by Crippen LogP contribution is -2.30. The zero-order valence-corrected chi connectivity index (χ0v) is 65.2. The number of rotatable bonds is 77. The van der Waals surface area contributed by atoms with E-state index in [0.29, 0.717) is 25.7 Å². The highest BCUT2D eigenvalue weighted by atomic mass is 31.2. The highest BCUT2D eigenvalue weighted by molar-refractivity contribution is 7.47. The monoisotopic (exact) mass is 1420 g/mol.